The molecular weight excluding hydrogens is 776 g/mol. The van der Waals surface area contributed by atoms with E-state index in [4.69, 9.17) is 9.47 Å². The number of Topliss-reactive ketones (excluding diaryl/α,β-unsaturated/α-hetero) is 3. The van der Waals surface area contributed by atoms with Crippen LogP contribution in [0.5, 0.6) is 0 Å². The molecule has 5 N–H and O–H groups in total. The molecule has 0 aromatic rings. The summed E-state index contributed by atoms with van der Waals surface area (Å²) in [7, 11) is 0. The molecule has 0 bridgehead atoms. The standard InChI is InChI=1S/C46H60O14/c1-41-19-31(51)39-27(29(41)11-13-45(41,57)33(53)21-47)7-5-23-15-25(49)17-35(43(23,39)3)59-37(55)9-10-38(56)60-36-18-26(50)16-24-6-8-28-30-12-14-46(58,34(54)22-48)42(30,2)20-32(52)40(28)44(24,36)4/h15-16,27-31,35-36,39-40,47-48,51,57-58H,5-14,17-22H2,1-4H3/t27-,28-,29-,30-,31-,35?,36?,39+,40+,41-,42-,43+,44+,45-,46-/m0/s1. The van der Waals surface area contributed by atoms with Crippen LogP contribution in [0.3, 0.4) is 0 Å². The van der Waals surface area contributed by atoms with Gasteiger partial charge in [-0.15, -0.1) is 0 Å². The first-order chi connectivity index (χ1) is 28.1. The van der Waals surface area contributed by atoms with Gasteiger partial charge in [0.1, 0.15) is 42.4 Å². The van der Waals surface area contributed by atoms with Gasteiger partial charge in [-0.05, 0) is 93.6 Å². The molecule has 2 unspecified atom stereocenters. The number of hydrogen-bond acceptors (Lipinski definition) is 14. The number of aliphatic hydroxyl groups is 5. The average molecular weight is 837 g/mol. The van der Waals surface area contributed by atoms with Crippen molar-refractivity contribution < 1.29 is 68.6 Å². The summed E-state index contributed by atoms with van der Waals surface area (Å²) in [6, 6.07) is 0. The van der Waals surface area contributed by atoms with Crippen molar-refractivity contribution in [3.8, 4) is 0 Å². The second kappa shape index (κ2) is 14.6. The zero-order valence-corrected chi connectivity index (χ0v) is 35.1. The van der Waals surface area contributed by atoms with Gasteiger partial charge < -0.3 is 35.0 Å². The monoisotopic (exact) mass is 836 g/mol. The minimum absolute atomic E-state index is 0.0860. The van der Waals surface area contributed by atoms with Gasteiger partial charge in [-0.2, -0.15) is 0 Å². The number of carbonyl (C=O) groups is 7. The molecule has 0 aromatic carbocycles. The first-order valence-corrected chi connectivity index (χ1v) is 21.9. The lowest BCUT2D eigenvalue weighted by Crippen LogP contribution is -2.64. The summed E-state index contributed by atoms with van der Waals surface area (Å²) in [5.74, 6) is -5.45. The minimum Gasteiger partial charge on any atom is -0.461 e. The van der Waals surface area contributed by atoms with Gasteiger partial charge in [-0.3, -0.25) is 33.6 Å². The molecule has 0 amide bonds. The van der Waals surface area contributed by atoms with Crippen molar-refractivity contribution in [2.24, 2.45) is 57.2 Å². The van der Waals surface area contributed by atoms with E-state index in [1.165, 1.54) is 0 Å². The van der Waals surface area contributed by atoms with Crippen molar-refractivity contribution in [3.63, 3.8) is 0 Å². The van der Waals surface area contributed by atoms with Crippen molar-refractivity contribution in [2.75, 3.05) is 13.2 Å². The summed E-state index contributed by atoms with van der Waals surface area (Å²) in [6.07, 6.45) is 2.46. The topological polar surface area (TPSA) is 239 Å². The van der Waals surface area contributed by atoms with Crippen LogP contribution in [0.1, 0.15) is 118 Å². The molecule has 328 valence electrons. The van der Waals surface area contributed by atoms with Crippen LogP contribution >= 0.6 is 0 Å². The van der Waals surface area contributed by atoms with Crippen molar-refractivity contribution in [3.05, 3.63) is 23.3 Å². The lowest BCUT2D eigenvalue weighted by atomic mass is 9.44. The van der Waals surface area contributed by atoms with Crippen LogP contribution < -0.4 is 0 Å². The predicted octanol–water partition coefficient (Wildman–Crippen LogP) is 2.61. The molecule has 0 saturated heterocycles. The highest BCUT2D eigenvalue weighted by molar-refractivity contribution is 5.96. The number of esters is 2. The van der Waals surface area contributed by atoms with Gasteiger partial charge in [0, 0.05) is 52.8 Å². The van der Waals surface area contributed by atoms with Crippen LogP contribution in [0.4, 0.5) is 0 Å². The Bertz CT molecular complexity index is 1990. The molecule has 8 aliphatic carbocycles. The first-order valence-electron chi connectivity index (χ1n) is 21.9. The molecule has 6 saturated carbocycles. The van der Waals surface area contributed by atoms with Gasteiger partial charge in [0.15, 0.2) is 23.1 Å². The van der Waals surface area contributed by atoms with E-state index in [1.54, 1.807) is 26.0 Å². The van der Waals surface area contributed by atoms with Crippen LogP contribution in [-0.4, -0.2) is 109 Å². The van der Waals surface area contributed by atoms with E-state index >= 15 is 0 Å². The molecule has 0 heterocycles. The Balaban J connectivity index is 0.967. The van der Waals surface area contributed by atoms with E-state index < -0.39 is 113 Å². The predicted molar refractivity (Wildman–Crippen MR) is 209 cm³/mol. The van der Waals surface area contributed by atoms with Crippen molar-refractivity contribution in [1.82, 2.24) is 0 Å². The van der Waals surface area contributed by atoms with Crippen molar-refractivity contribution in [1.29, 1.82) is 0 Å². The largest absolute Gasteiger partial charge is 0.461 e. The Kier molecular flexibility index (Phi) is 10.5. The van der Waals surface area contributed by atoms with Gasteiger partial charge in [-0.1, -0.05) is 38.8 Å². The fraction of sp³-hybridized carbons (Fsp3) is 0.761. The summed E-state index contributed by atoms with van der Waals surface area (Å²) in [5.41, 5.74) is -6.19. The van der Waals surface area contributed by atoms with Gasteiger partial charge in [0.05, 0.1) is 18.9 Å². The number of fused-ring (bicyclic) bond motifs is 10. The van der Waals surface area contributed by atoms with Crippen LogP contribution in [0, 0.1) is 57.2 Å². The van der Waals surface area contributed by atoms with Gasteiger partial charge in [-0.25, -0.2) is 0 Å². The number of ketones is 5. The highest BCUT2D eigenvalue weighted by atomic mass is 16.6. The average Bonchev–Trinajstić information content (AvgIpc) is 3.62. The molecule has 0 radical (unpaired) electrons. The third-order valence-electron chi connectivity index (χ3n) is 18.3. The summed E-state index contributed by atoms with van der Waals surface area (Å²) in [4.78, 5) is 93.4. The normalized spacial score (nSPS) is 46.7. The third-order valence-corrected chi connectivity index (χ3v) is 18.3. The third kappa shape index (κ3) is 5.85. The van der Waals surface area contributed by atoms with E-state index in [2.05, 4.69) is 0 Å². The number of ether oxygens (including phenoxy) is 2. The Hall–Kier alpha value is -3.43. The number of hydrogen-bond donors (Lipinski definition) is 5. The fourth-order valence-electron chi connectivity index (χ4n) is 15.3. The molecule has 14 heteroatoms. The molecule has 8 rings (SSSR count). The maximum absolute atomic E-state index is 14.3. The van der Waals surface area contributed by atoms with Gasteiger partial charge >= 0.3 is 11.9 Å². The smallest absolute Gasteiger partial charge is 0.306 e. The maximum Gasteiger partial charge on any atom is 0.306 e. The Morgan fingerprint density at radius 1 is 0.683 bits per heavy atom. The molecule has 14 nitrogen and oxygen atoms in total. The van der Waals surface area contributed by atoms with Crippen molar-refractivity contribution in [2.45, 2.75) is 147 Å². The molecule has 15 atom stereocenters. The number of rotatable bonds is 9. The summed E-state index contributed by atoms with van der Waals surface area (Å²) in [6.45, 7) is 5.66. The fourth-order valence-corrected chi connectivity index (χ4v) is 15.3. The van der Waals surface area contributed by atoms with Crippen LogP contribution in [0.2, 0.25) is 0 Å². The molecule has 0 spiro atoms. The zero-order chi connectivity index (χ0) is 43.5. The number of aliphatic hydroxyl groups excluding tert-OH is 3. The Morgan fingerprint density at radius 3 is 1.68 bits per heavy atom. The summed E-state index contributed by atoms with van der Waals surface area (Å²) in [5, 5.41) is 54.5. The van der Waals surface area contributed by atoms with Crippen LogP contribution in [-0.2, 0) is 43.0 Å². The second-order valence-electron chi connectivity index (χ2n) is 20.5. The summed E-state index contributed by atoms with van der Waals surface area (Å²) < 4.78 is 12.1. The highest BCUT2D eigenvalue weighted by Gasteiger charge is 2.71. The Labute approximate surface area is 349 Å². The van der Waals surface area contributed by atoms with Gasteiger partial charge in [0.2, 0.25) is 0 Å². The van der Waals surface area contributed by atoms with E-state index in [9.17, 15) is 59.1 Å². The molecule has 0 aliphatic heterocycles. The molecular formula is C46H60O14. The van der Waals surface area contributed by atoms with Crippen LogP contribution in [0.15, 0.2) is 23.3 Å². The lowest BCUT2D eigenvalue weighted by molar-refractivity contribution is -0.197. The number of carbonyl (C=O) groups excluding carboxylic acids is 7. The molecule has 6 fully saturated rings. The molecule has 8 aliphatic rings. The van der Waals surface area contributed by atoms with E-state index in [-0.39, 0.29) is 79.5 Å². The second-order valence-corrected chi connectivity index (χ2v) is 20.5. The maximum atomic E-state index is 14.3. The van der Waals surface area contributed by atoms with E-state index in [0.29, 0.717) is 44.1 Å². The van der Waals surface area contributed by atoms with Crippen LogP contribution in [0.25, 0.3) is 0 Å². The Morgan fingerprint density at radius 2 is 1.15 bits per heavy atom. The van der Waals surface area contributed by atoms with Crippen molar-refractivity contribution >= 4 is 40.9 Å². The highest BCUT2D eigenvalue weighted by Crippen LogP contribution is 2.69. The SMILES string of the molecule is C[C@]12C[C@H](O)[C@H]3[C@@H](CCC4=CC(=O)CC(OC(=O)CCC(=O)OC5CC(=O)C=C6CC[C@H]7[C@@H]8CC[C@](O)(C(=O)CO)[C@@]8(C)CC(=O)[C@@H]7[C@]65C)[C@@]43C)[C@@H]1CC[C@]2(O)C(=O)CO. The first kappa shape index (κ1) is 43.2. The summed E-state index contributed by atoms with van der Waals surface area (Å²) >= 11 is 0. The van der Waals surface area contributed by atoms with Gasteiger partial charge in [0.25, 0.3) is 0 Å². The lowest BCUT2D eigenvalue weighted by Gasteiger charge is -2.61. The van der Waals surface area contributed by atoms with E-state index in [1.807, 2.05) is 13.8 Å². The van der Waals surface area contributed by atoms with E-state index in [0.717, 1.165) is 5.57 Å². The minimum atomic E-state index is -1.84. The zero-order valence-electron chi connectivity index (χ0n) is 35.1. The quantitative estimate of drug-likeness (QED) is 0.210. The molecule has 0 aromatic heterocycles. The molecule has 60 heavy (non-hydrogen) atoms.